The van der Waals surface area contributed by atoms with Crippen LogP contribution in [-0.2, 0) is 10.2 Å². The molecule has 1 aromatic heterocycles. The predicted molar refractivity (Wildman–Crippen MR) is 117 cm³/mol. The number of rotatable bonds is 5. The van der Waals surface area contributed by atoms with E-state index in [4.69, 9.17) is 16.7 Å². The van der Waals surface area contributed by atoms with E-state index in [-0.39, 0.29) is 16.9 Å². The van der Waals surface area contributed by atoms with Gasteiger partial charge in [-0.15, -0.1) is 11.3 Å². The number of aliphatic carboxylic acids is 1. The van der Waals surface area contributed by atoms with Gasteiger partial charge >= 0.3 is 5.97 Å². The molecule has 0 spiro atoms. The smallest absolute Gasteiger partial charge is 0.328 e. The second-order valence-corrected chi connectivity index (χ2v) is 10.8. The molecule has 4 nitrogen and oxygen atoms in total. The van der Waals surface area contributed by atoms with Gasteiger partial charge in [-0.3, -0.25) is 4.79 Å². The van der Waals surface area contributed by atoms with Crippen molar-refractivity contribution in [2.24, 2.45) is 17.8 Å². The molecule has 0 saturated heterocycles. The molecule has 2 aromatic rings. The molecule has 4 bridgehead atoms. The normalized spacial score (nSPS) is 29.6. The molecule has 156 valence electrons. The number of carboxylic acid groups (broad SMARTS) is 1. The third-order valence-corrected chi connectivity index (χ3v) is 8.54. The van der Waals surface area contributed by atoms with Crippen LogP contribution >= 0.6 is 22.9 Å². The third-order valence-electron chi connectivity index (χ3n) is 7.18. The highest BCUT2D eigenvalue weighted by Gasteiger charge is 2.52. The topological polar surface area (TPSA) is 74.6 Å². The molecule has 0 unspecified atom stereocenters. The zero-order valence-electron chi connectivity index (χ0n) is 16.4. The van der Waals surface area contributed by atoms with E-state index in [0.717, 1.165) is 48.7 Å². The van der Waals surface area contributed by atoms with E-state index >= 15 is 0 Å². The van der Waals surface area contributed by atoms with Crippen LogP contribution in [-0.4, -0.2) is 22.0 Å². The van der Waals surface area contributed by atoms with Crippen LogP contribution in [0.1, 0.15) is 64.2 Å². The number of aromatic hydroxyl groups is 1. The maximum atomic E-state index is 13.0. The molecule has 4 fully saturated rings. The number of halogens is 1. The number of hydrogen-bond acceptors (Lipinski definition) is 4. The Bertz CT molecular complexity index is 1030. The lowest BCUT2D eigenvalue weighted by atomic mass is 9.48. The van der Waals surface area contributed by atoms with Crippen LogP contribution in [0.2, 0.25) is 5.02 Å². The Kier molecular flexibility index (Phi) is 4.79. The largest absolute Gasteiger partial charge is 0.508 e. The summed E-state index contributed by atoms with van der Waals surface area (Å²) < 4.78 is 0. The molecule has 1 heterocycles. The highest BCUT2D eigenvalue weighted by Crippen LogP contribution is 2.62. The molecule has 30 heavy (non-hydrogen) atoms. The minimum Gasteiger partial charge on any atom is -0.508 e. The van der Waals surface area contributed by atoms with Crippen molar-refractivity contribution in [1.82, 2.24) is 0 Å². The van der Waals surface area contributed by atoms with E-state index in [1.165, 1.54) is 42.7 Å². The molecule has 6 rings (SSSR count). The number of hydrogen-bond donors (Lipinski definition) is 2. The summed E-state index contributed by atoms with van der Waals surface area (Å²) in [4.78, 5) is 24.8. The van der Waals surface area contributed by atoms with Crippen molar-refractivity contribution in [1.29, 1.82) is 0 Å². The molecule has 0 atom stereocenters. The second kappa shape index (κ2) is 7.24. The van der Waals surface area contributed by atoms with Crippen molar-refractivity contribution in [2.45, 2.75) is 43.9 Å². The van der Waals surface area contributed by atoms with Crippen molar-refractivity contribution in [3.8, 4) is 5.75 Å². The number of phenols is 1. The zero-order chi connectivity index (χ0) is 21.0. The number of phenolic OH excluding ortho intramolecular Hbond substituents is 1. The van der Waals surface area contributed by atoms with Crippen LogP contribution in [0.4, 0.5) is 0 Å². The Hall–Kier alpha value is -2.11. The summed E-state index contributed by atoms with van der Waals surface area (Å²) in [5.41, 5.74) is 1.21. The molecule has 4 saturated carbocycles. The van der Waals surface area contributed by atoms with Crippen molar-refractivity contribution >= 4 is 40.8 Å². The van der Waals surface area contributed by atoms with Gasteiger partial charge in [-0.2, -0.15) is 0 Å². The van der Waals surface area contributed by atoms with Crippen molar-refractivity contribution in [3.05, 3.63) is 56.2 Å². The number of carbonyl (C=O) groups excluding carboxylic acids is 1. The first-order valence-electron chi connectivity index (χ1n) is 10.4. The van der Waals surface area contributed by atoms with Crippen LogP contribution in [0.5, 0.6) is 5.75 Å². The summed E-state index contributed by atoms with van der Waals surface area (Å²) in [6.07, 6.45) is 9.79. The summed E-state index contributed by atoms with van der Waals surface area (Å²) in [6, 6.07) is 6.73. The number of carbonyl (C=O) groups is 2. The third kappa shape index (κ3) is 3.38. The molecule has 4 aliphatic carbocycles. The Labute approximate surface area is 184 Å². The SMILES string of the molecule is O=C(O)/C=C/c1ccc(C(=O)c2cc(O)c(C34CC5CC(CC(C5)C3)C4)cc2Cl)s1. The minimum atomic E-state index is -1.04. The van der Waals surface area contributed by atoms with Gasteiger partial charge in [-0.05, 0) is 92.0 Å². The lowest BCUT2D eigenvalue weighted by molar-refractivity contribution is -0.131. The molecule has 0 radical (unpaired) electrons. The number of carboxylic acids is 1. The summed E-state index contributed by atoms with van der Waals surface area (Å²) in [5.74, 6) is 1.13. The van der Waals surface area contributed by atoms with Crippen LogP contribution < -0.4 is 0 Å². The van der Waals surface area contributed by atoms with Gasteiger partial charge in [-0.1, -0.05) is 11.6 Å². The second-order valence-electron chi connectivity index (χ2n) is 9.25. The van der Waals surface area contributed by atoms with Gasteiger partial charge in [0.05, 0.1) is 9.90 Å². The van der Waals surface area contributed by atoms with Gasteiger partial charge in [0, 0.05) is 22.1 Å². The fourth-order valence-electron chi connectivity index (χ4n) is 6.45. The zero-order valence-corrected chi connectivity index (χ0v) is 18.0. The maximum absolute atomic E-state index is 13.0. The van der Waals surface area contributed by atoms with E-state index < -0.39 is 5.97 Å². The Balaban J connectivity index is 1.45. The fourth-order valence-corrected chi connectivity index (χ4v) is 7.57. The fraction of sp³-hybridized carbons (Fsp3) is 0.417. The Morgan fingerprint density at radius 2 is 1.70 bits per heavy atom. The highest BCUT2D eigenvalue weighted by molar-refractivity contribution is 7.15. The molecule has 1 aromatic carbocycles. The maximum Gasteiger partial charge on any atom is 0.328 e. The quantitative estimate of drug-likeness (QED) is 0.446. The van der Waals surface area contributed by atoms with Gasteiger partial charge in [-0.25, -0.2) is 4.79 Å². The van der Waals surface area contributed by atoms with Gasteiger partial charge < -0.3 is 10.2 Å². The first kappa shape index (κ1) is 19.8. The molecule has 4 aliphatic rings. The van der Waals surface area contributed by atoms with E-state index in [2.05, 4.69) is 0 Å². The molecule has 0 amide bonds. The molecule has 2 N–H and O–H groups in total. The van der Waals surface area contributed by atoms with Gasteiger partial charge in [0.1, 0.15) is 5.75 Å². The van der Waals surface area contributed by atoms with E-state index in [1.54, 1.807) is 12.1 Å². The monoisotopic (exact) mass is 442 g/mol. The predicted octanol–water partition coefficient (Wildman–Crippen LogP) is 5.90. The molecule has 0 aliphatic heterocycles. The molecular formula is C24H23ClO4S. The number of benzene rings is 1. The highest BCUT2D eigenvalue weighted by atomic mass is 35.5. The molecule has 6 heteroatoms. The van der Waals surface area contributed by atoms with Crippen LogP contribution in [0.3, 0.4) is 0 Å². The van der Waals surface area contributed by atoms with Gasteiger partial charge in [0.2, 0.25) is 5.78 Å². The van der Waals surface area contributed by atoms with Crippen molar-refractivity contribution in [2.75, 3.05) is 0 Å². The summed E-state index contributed by atoms with van der Waals surface area (Å²) in [7, 11) is 0. The van der Waals surface area contributed by atoms with Crippen LogP contribution in [0.25, 0.3) is 6.08 Å². The van der Waals surface area contributed by atoms with Gasteiger partial charge in [0.15, 0.2) is 0 Å². The summed E-state index contributed by atoms with van der Waals surface area (Å²) >= 11 is 7.78. The minimum absolute atomic E-state index is 0.00177. The average molecular weight is 443 g/mol. The molecular weight excluding hydrogens is 420 g/mol. The Morgan fingerprint density at radius 1 is 1.07 bits per heavy atom. The first-order valence-corrected chi connectivity index (χ1v) is 11.6. The lowest BCUT2D eigenvalue weighted by Crippen LogP contribution is -2.48. The Morgan fingerprint density at radius 3 is 2.30 bits per heavy atom. The van der Waals surface area contributed by atoms with E-state index in [0.29, 0.717) is 20.3 Å². The van der Waals surface area contributed by atoms with E-state index in [9.17, 15) is 14.7 Å². The first-order chi connectivity index (χ1) is 14.3. The van der Waals surface area contributed by atoms with Gasteiger partial charge in [0.25, 0.3) is 0 Å². The lowest BCUT2D eigenvalue weighted by Gasteiger charge is -2.57. The summed E-state index contributed by atoms with van der Waals surface area (Å²) in [5, 5.41) is 20.1. The van der Waals surface area contributed by atoms with E-state index in [1.807, 2.05) is 6.07 Å². The number of ketones is 1. The summed E-state index contributed by atoms with van der Waals surface area (Å²) in [6.45, 7) is 0. The average Bonchev–Trinajstić information content (AvgIpc) is 3.15. The van der Waals surface area contributed by atoms with Crippen LogP contribution in [0, 0.1) is 17.8 Å². The standard InChI is InChI=1S/C24H23ClO4S/c25-19-9-18(24-10-13-5-14(11-24)7-15(6-13)12-24)20(26)8-17(19)23(29)21-3-1-16(30-21)2-4-22(27)28/h1-4,8-9,13-15,26H,5-7,10-12H2,(H,27,28)/b4-2+. The van der Waals surface area contributed by atoms with Crippen LogP contribution in [0.15, 0.2) is 30.3 Å². The van der Waals surface area contributed by atoms with Crippen molar-refractivity contribution < 1.29 is 19.8 Å². The van der Waals surface area contributed by atoms with Crippen molar-refractivity contribution in [3.63, 3.8) is 0 Å². The number of thiophene rings is 1.